The number of esters is 3. The van der Waals surface area contributed by atoms with E-state index in [2.05, 4.69) is 0 Å². The van der Waals surface area contributed by atoms with E-state index in [1.54, 1.807) is 25.1 Å². The van der Waals surface area contributed by atoms with Crippen molar-refractivity contribution in [1.29, 1.82) is 0 Å². The zero-order valence-corrected chi connectivity index (χ0v) is 20.1. The van der Waals surface area contributed by atoms with E-state index in [1.165, 1.54) is 19.2 Å². The number of rotatable bonds is 9. The van der Waals surface area contributed by atoms with E-state index in [0.29, 0.717) is 6.42 Å². The predicted octanol–water partition coefficient (Wildman–Crippen LogP) is 2.06. The van der Waals surface area contributed by atoms with Crippen molar-refractivity contribution in [3.05, 3.63) is 41.8 Å². The smallest absolute Gasteiger partial charge is 0.351 e. The monoisotopic (exact) mass is 483 g/mol. The molecule has 0 spiro atoms. The van der Waals surface area contributed by atoms with Gasteiger partial charge in [-0.05, 0) is 44.9 Å². The van der Waals surface area contributed by atoms with Gasteiger partial charge in [-0.1, -0.05) is 17.7 Å². The van der Waals surface area contributed by atoms with Crippen LogP contribution in [0.2, 0.25) is 0 Å². The average molecular weight is 484 g/mol. The molecule has 10 nitrogen and oxygen atoms in total. The molecule has 0 bridgehead atoms. The second-order valence-electron chi connectivity index (χ2n) is 7.36. The van der Waals surface area contributed by atoms with Crippen molar-refractivity contribution in [2.45, 2.75) is 63.7 Å². The lowest BCUT2D eigenvalue weighted by Gasteiger charge is -2.40. The molecule has 1 aliphatic heterocycles. The summed E-state index contributed by atoms with van der Waals surface area (Å²) in [5, 5.41) is 0. The largest absolute Gasteiger partial charge is 0.482 e. The van der Waals surface area contributed by atoms with Gasteiger partial charge in [0.15, 0.2) is 12.0 Å². The van der Waals surface area contributed by atoms with Crippen LogP contribution in [0.15, 0.2) is 41.1 Å². The van der Waals surface area contributed by atoms with Gasteiger partial charge in [0.1, 0.15) is 0 Å². The van der Waals surface area contributed by atoms with Crippen molar-refractivity contribution in [3.63, 3.8) is 0 Å². The van der Waals surface area contributed by atoms with Gasteiger partial charge in [-0.25, -0.2) is 17.5 Å². The van der Waals surface area contributed by atoms with Crippen LogP contribution in [-0.2, 0) is 43.4 Å². The van der Waals surface area contributed by atoms with Crippen LogP contribution in [0.25, 0.3) is 0 Å². The molecule has 3 atom stereocenters. The second-order valence-corrected chi connectivity index (χ2v) is 9.18. The van der Waals surface area contributed by atoms with Gasteiger partial charge in [-0.15, -0.1) is 0 Å². The molecule has 182 valence electrons. The maximum atomic E-state index is 13.6. The van der Waals surface area contributed by atoms with Crippen molar-refractivity contribution in [3.8, 4) is 0 Å². The Labute approximate surface area is 193 Å². The number of methoxy groups -OCH3 is 1. The first-order valence-electron chi connectivity index (χ1n) is 10.4. The predicted molar refractivity (Wildman–Crippen MR) is 116 cm³/mol. The number of ether oxygens (including phenoxy) is 4. The molecule has 1 aromatic carbocycles. The van der Waals surface area contributed by atoms with E-state index in [4.69, 9.17) is 18.9 Å². The van der Waals surface area contributed by atoms with E-state index >= 15 is 0 Å². The minimum Gasteiger partial charge on any atom is -0.482 e. The Morgan fingerprint density at radius 2 is 1.70 bits per heavy atom. The van der Waals surface area contributed by atoms with Crippen LogP contribution in [0.1, 0.15) is 39.2 Å². The van der Waals surface area contributed by atoms with Crippen molar-refractivity contribution >= 4 is 27.9 Å². The van der Waals surface area contributed by atoms with Gasteiger partial charge in [-0.2, -0.15) is 0 Å². The lowest BCUT2D eigenvalue weighted by atomic mass is 9.97. The highest BCUT2D eigenvalue weighted by Crippen LogP contribution is 2.34. The minimum atomic E-state index is -4.21. The van der Waals surface area contributed by atoms with Crippen molar-refractivity contribution in [2.75, 3.05) is 13.7 Å². The second kappa shape index (κ2) is 11.2. The Bertz CT molecular complexity index is 1000. The number of carbonyl (C=O) groups excluding carboxylic acids is 3. The quantitative estimate of drug-likeness (QED) is 0.383. The molecule has 2 rings (SSSR count). The molecule has 0 aromatic heterocycles. The molecular weight excluding hydrogens is 454 g/mol. The Kier molecular flexibility index (Phi) is 8.86. The number of allylic oxidation sites excluding steroid dienone is 1. The van der Waals surface area contributed by atoms with Gasteiger partial charge in [0.05, 0.1) is 24.7 Å². The summed E-state index contributed by atoms with van der Waals surface area (Å²) in [5.41, 5.74) is 0.863. The topological polar surface area (TPSA) is 126 Å². The Hall–Kier alpha value is -3.08. The zero-order valence-electron chi connectivity index (χ0n) is 19.3. The standard InChI is InChI=1S/C22H29NO9S/c1-6-30-22(26)21(32-16(4)25)20(31-15(3)24)18-8-7-9-19(29-5)23(18)33(27,28)17-12-10-14(2)11-13-17/h9-13,18,20-21H,6-8H2,1-5H3/t18-,20-,21+/m0/s1. The van der Waals surface area contributed by atoms with Gasteiger partial charge >= 0.3 is 17.9 Å². The molecule has 1 aliphatic rings. The van der Waals surface area contributed by atoms with Crippen molar-refractivity contribution < 1.29 is 41.7 Å². The first kappa shape index (κ1) is 26.2. The summed E-state index contributed by atoms with van der Waals surface area (Å²) in [6.45, 7) is 5.55. The lowest BCUT2D eigenvalue weighted by Crippen LogP contribution is -2.56. The molecule has 0 N–H and O–H groups in total. The molecule has 0 amide bonds. The summed E-state index contributed by atoms with van der Waals surface area (Å²) in [4.78, 5) is 36.3. The highest BCUT2D eigenvalue weighted by Gasteiger charge is 2.48. The summed E-state index contributed by atoms with van der Waals surface area (Å²) < 4.78 is 49.2. The number of hydrogen-bond acceptors (Lipinski definition) is 9. The number of sulfonamides is 1. The third-order valence-electron chi connectivity index (χ3n) is 4.88. The third-order valence-corrected chi connectivity index (χ3v) is 6.71. The fourth-order valence-corrected chi connectivity index (χ4v) is 5.20. The van der Waals surface area contributed by atoms with Gasteiger partial charge in [0.2, 0.25) is 6.10 Å². The van der Waals surface area contributed by atoms with Gasteiger partial charge in [-0.3, -0.25) is 9.59 Å². The molecule has 0 fully saturated rings. The minimum absolute atomic E-state index is 0.00518. The number of carbonyl (C=O) groups is 3. The molecular formula is C22H29NO9S. The van der Waals surface area contributed by atoms with E-state index in [9.17, 15) is 22.8 Å². The normalized spacial score (nSPS) is 17.9. The lowest BCUT2D eigenvalue weighted by molar-refractivity contribution is -0.184. The number of benzene rings is 1. The van der Waals surface area contributed by atoms with Crippen LogP contribution in [0.3, 0.4) is 0 Å². The van der Waals surface area contributed by atoms with E-state index < -0.39 is 46.2 Å². The van der Waals surface area contributed by atoms with Crippen LogP contribution in [0.5, 0.6) is 0 Å². The maximum absolute atomic E-state index is 13.6. The fraction of sp³-hybridized carbons (Fsp3) is 0.500. The molecule has 33 heavy (non-hydrogen) atoms. The van der Waals surface area contributed by atoms with Gasteiger partial charge < -0.3 is 18.9 Å². The number of nitrogens with zero attached hydrogens (tertiary/aromatic N) is 1. The summed E-state index contributed by atoms with van der Waals surface area (Å²) >= 11 is 0. The summed E-state index contributed by atoms with van der Waals surface area (Å²) in [7, 11) is -2.91. The zero-order chi connectivity index (χ0) is 24.8. The van der Waals surface area contributed by atoms with Gasteiger partial charge in [0.25, 0.3) is 10.0 Å². The molecule has 1 heterocycles. The summed E-state index contributed by atoms with van der Waals surface area (Å²) in [6.07, 6.45) is -1.06. The molecule has 0 aliphatic carbocycles. The Balaban J connectivity index is 2.64. The number of hydrogen-bond donors (Lipinski definition) is 0. The first-order valence-corrected chi connectivity index (χ1v) is 11.8. The van der Waals surface area contributed by atoms with E-state index in [-0.39, 0.29) is 23.8 Å². The maximum Gasteiger partial charge on any atom is 0.351 e. The van der Waals surface area contributed by atoms with Crippen molar-refractivity contribution in [1.82, 2.24) is 4.31 Å². The van der Waals surface area contributed by atoms with E-state index in [0.717, 1.165) is 23.7 Å². The molecule has 0 saturated heterocycles. The van der Waals surface area contributed by atoms with Crippen LogP contribution in [0.4, 0.5) is 0 Å². The first-order chi connectivity index (χ1) is 15.5. The van der Waals surface area contributed by atoms with Crippen molar-refractivity contribution in [2.24, 2.45) is 0 Å². The Morgan fingerprint density at radius 3 is 2.21 bits per heavy atom. The van der Waals surface area contributed by atoms with Gasteiger partial charge in [0, 0.05) is 13.8 Å². The molecule has 1 aromatic rings. The van der Waals surface area contributed by atoms with Crippen LogP contribution in [-0.4, -0.2) is 62.6 Å². The summed E-state index contributed by atoms with van der Waals surface area (Å²) in [6, 6.07) is 5.06. The molecule has 11 heteroatoms. The third kappa shape index (κ3) is 6.25. The highest BCUT2D eigenvalue weighted by molar-refractivity contribution is 7.89. The van der Waals surface area contributed by atoms with E-state index in [1.807, 2.05) is 6.92 Å². The highest BCUT2D eigenvalue weighted by atomic mass is 32.2. The van der Waals surface area contributed by atoms with Crippen LogP contribution < -0.4 is 0 Å². The molecule has 0 unspecified atom stereocenters. The number of aryl methyl sites for hydroxylation is 1. The molecule has 0 radical (unpaired) electrons. The average Bonchev–Trinajstić information content (AvgIpc) is 2.75. The van der Waals surface area contributed by atoms with Crippen LogP contribution >= 0.6 is 0 Å². The van der Waals surface area contributed by atoms with Crippen LogP contribution in [0, 0.1) is 6.92 Å². The Morgan fingerprint density at radius 1 is 1.09 bits per heavy atom. The summed E-state index contributed by atoms with van der Waals surface area (Å²) in [5.74, 6) is -2.58. The SMILES string of the molecule is CCOC(=O)[C@H](OC(C)=O)[C@@H](OC(C)=O)[C@@H]1CCC=C(OC)N1S(=O)(=O)c1ccc(C)cc1. The molecule has 0 saturated carbocycles. The fourth-order valence-electron chi connectivity index (χ4n) is 3.53.